The van der Waals surface area contributed by atoms with E-state index in [9.17, 15) is 4.79 Å². The van der Waals surface area contributed by atoms with Gasteiger partial charge in [0.1, 0.15) is 11.6 Å². The normalized spacial score (nSPS) is 24.9. The Morgan fingerprint density at radius 1 is 1.63 bits per heavy atom. The summed E-state index contributed by atoms with van der Waals surface area (Å²) in [6.45, 7) is 4.18. The van der Waals surface area contributed by atoms with E-state index in [-0.39, 0.29) is 11.8 Å². The molecule has 100 valence electrons. The molecule has 1 saturated carbocycles. The van der Waals surface area contributed by atoms with E-state index in [1.54, 1.807) is 18.2 Å². The molecule has 4 nitrogen and oxygen atoms in total. The molecule has 1 amide bonds. The summed E-state index contributed by atoms with van der Waals surface area (Å²) in [5.41, 5.74) is 6.26. The Kier molecular flexibility index (Phi) is 3.55. The predicted octanol–water partition coefficient (Wildman–Crippen LogP) is 2.63. The highest BCUT2D eigenvalue weighted by atomic mass is 79.9. The zero-order valence-electron chi connectivity index (χ0n) is 10.9. The minimum Gasteiger partial charge on any atom is -0.371 e. The average molecular weight is 322 g/mol. The third-order valence-corrected chi connectivity index (χ3v) is 4.37. The molecular formula is C14H16BrN3O. The van der Waals surface area contributed by atoms with Crippen molar-refractivity contribution in [3.63, 3.8) is 0 Å². The van der Waals surface area contributed by atoms with Crippen LogP contribution in [0.15, 0.2) is 22.7 Å². The summed E-state index contributed by atoms with van der Waals surface area (Å²) in [4.78, 5) is 11.7. The summed E-state index contributed by atoms with van der Waals surface area (Å²) in [5.74, 6) is 0.355. The quantitative estimate of drug-likeness (QED) is 0.894. The molecule has 0 saturated heterocycles. The largest absolute Gasteiger partial charge is 0.371 e. The summed E-state index contributed by atoms with van der Waals surface area (Å²) in [7, 11) is 0. The van der Waals surface area contributed by atoms with Gasteiger partial charge in [-0.3, -0.25) is 4.79 Å². The van der Waals surface area contributed by atoms with Gasteiger partial charge in [-0.05, 0) is 52.4 Å². The second kappa shape index (κ2) is 4.86. The minimum absolute atomic E-state index is 0.263. The first kappa shape index (κ1) is 13.9. The Morgan fingerprint density at radius 2 is 2.32 bits per heavy atom. The molecule has 1 fully saturated rings. The van der Waals surface area contributed by atoms with E-state index in [4.69, 9.17) is 11.0 Å². The molecule has 1 unspecified atom stereocenters. The van der Waals surface area contributed by atoms with Gasteiger partial charge < -0.3 is 11.1 Å². The van der Waals surface area contributed by atoms with Gasteiger partial charge in [0.25, 0.3) is 0 Å². The second-order valence-corrected chi connectivity index (χ2v) is 6.18. The van der Waals surface area contributed by atoms with E-state index in [1.807, 2.05) is 0 Å². The van der Waals surface area contributed by atoms with Crippen LogP contribution in [0.3, 0.4) is 0 Å². The first-order valence-corrected chi connectivity index (χ1v) is 6.97. The third-order valence-electron chi connectivity index (χ3n) is 3.72. The third kappa shape index (κ3) is 2.45. The molecule has 3 N–H and O–H groups in total. The molecule has 19 heavy (non-hydrogen) atoms. The lowest BCUT2D eigenvalue weighted by Crippen LogP contribution is -2.40. The lowest BCUT2D eigenvalue weighted by molar-refractivity contribution is -0.120. The van der Waals surface area contributed by atoms with Gasteiger partial charge in [0.2, 0.25) is 5.91 Å². The number of anilines is 1. The highest BCUT2D eigenvalue weighted by Gasteiger charge is 2.60. The number of carbonyl (C=O) groups is 1. The fraction of sp³-hybridized carbons (Fsp3) is 0.429. The number of hydrogen-bond donors (Lipinski definition) is 2. The van der Waals surface area contributed by atoms with Crippen molar-refractivity contribution in [2.75, 3.05) is 5.32 Å². The Morgan fingerprint density at radius 3 is 2.74 bits per heavy atom. The van der Waals surface area contributed by atoms with E-state index in [2.05, 4.69) is 41.2 Å². The Labute approximate surface area is 121 Å². The number of halogens is 1. The zero-order chi connectivity index (χ0) is 14.2. The van der Waals surface area contributed by atoms with Crippen molar-refractivity contribution in [1.82, 2.24) is 0 Å². The van der Waals surface area contributed by atoms with Crippen LogP contribution in [0.25, 0.3) is 0 Å². The first-order chi connectivity index (χ1) is 8.90. The van der Waals surface area contributed by atoms with Gasteiger partial charge >= 0.3 is 0 Å². The van der Waals surface area contributed by atoms with Crippen LogP contribution in [0.5, 0.6) is 0 Å². The summed E-state index contributed by atoms with van der Waals surface area (Å²) in [6, 6.07) is 7.40. The predicted molar refractivity (Wildman–Crippen MR) is 77.4 cm³/mol. The van der Waals surface area contributed by atoms with Crippen molar-refractivity contribution in [3.05, 3.63) is 28.2 Å². The van der Waals surface area contributed by atoms with E-state index in [1.165, 1.54) is 0 Å². The SMILES string of the molecule is CC(C)C1C[C@]1(Nc1ccc(C#N)c(Br)c1)C(N)=O. The smallest absolute Gasteiger partial charge is 0.243 e. The van der Waals surface area contributed by atoms with Crippen LogP contribution < -0.4 is 11.1 Å². The van der Waals surface area contributed by atoms with Crippen LogP contribution in [0, 0.1) is 23.2 Å². The maximum Gasteiger partial charge on any atom is 0.243 e. The van der Waals surface area contributed by atoms with E-state index in [0.717, 1.165) is 12.1 Å². The number of amides is 1. The number of rotatable bonds is 4. The van der Waals surface area contributed by atoms with Crippen molar-refractivity contribution in [2.45, 2.75) is 25.8 Å². The van der Waals surface area contributed by atoms with Crippen LogP contribution in [0.1, 0.15) is 25.8 Å². The molecule has 1 aromatic carbocycles. The summed E-state index contributed by atoms with van der Waals surface area (Å²) < 4.78 is 0.710. The fourth-order valence-corrected chi connectivity index (χ4v) is 2.99. The number of nitrogens with zero attached hydrogens (tertiary/aromatic N) is 1. The van der Waals surface area contributed by atoms with Crippen molar-refractivity contribution in [2.24, 2.45) is 17.6 Å². The van der Waals surface area contributed by atoms with Crippen molar-refractivity contribution in [1.29, 1.82) is 5.26 Å². The molecule has 2 atom stereocenters. The standard InChI is InChI=1S/C14H16BrN3O/c1-8(2)11-6-14(11,13(17)19)18-10-4-3-9(7-16)12(15)5-10/h3-5,8,11,18H,6H2,1-2H3,(H2,17,19)/t11?,14-/m1/s1. The highest BCUT2D eigenvalue weighted by Crippen LogP contribution is 2.50. The molecule has 2 rings (SSSR count). The molecule has 0 aromatic heterocycles. The summed E-state index contributed by atoms with van der Waals surface area (Å²) >= 11 is 3.34. The maximum atomic E-state index is 11.7. The van der Waals surface area contributed by atoms with Gasteiger partial charge in [-0.15, -0.1) is 0 Å². The number of nitrogens with two attached hydrogens (primary N) is 1. The number of carbonyl (C=O) groups excluding carboxylic acids is 1. The highest BCUT2D eigenvalue weighted by molar-refractivity contribution is 9.10. The number of nitrogens with one attached hydrogen (secondary N) is 1. The first-order valence-electron chi connectivity index (χ1n) is 6.18. The van der Waals surface area contributed by atoms with Crippen molar-refractivity contribution < 1.29 is 4.79 Å². The summed E-state index contributed by atoms with van der Waals surface area (Å²) in [6.07, 6.45) is 0.762. The van der Waals surface area contributed by atoms with Crippen molar-refractivity contribution >= 4 is 27.5 Å². The van der Waals surface area contributed by atoms with Gasteiger partial charge in [0.05, 0.1) is 5.56 Å². The topological polar surface area (TPSA) is 78.9 Å². The van der Waals surface area contributed by atoms with E-state index in [0.29, 0.717) is 16.0 Å². The second-order valence-electron chi connectivity index (χ2n) is 5.32. The van der Waals surface area contributed by atoms with E-state index < -0.39 is 5.54 Å². The van der Waals surface area contributed by atoms with E-state index >= 15 is 0 Å². The molecule has 1 aliphatic rings. The Hall–Kier alpha value is -1.54. The van der Waals surface area contributed by atoms with Gasteiger partial charge in [-0.1, -0.05) is 13.8 Å². The molecule has 0 aliphatic heterocycles. The molecular weight excluding hydrogens is 306 g/mol. The van der Waals surface area contributed by atoms with Gasteiger partial charge in [0, 0.05) is 10.2 Å². The van der Waals surface area contributed by atoms with Crippen molar-refractivity contribution in [3.8, 4) is 6.07 Å². The molecule has 0 spiro atoms. The number of primary amides is 1. The Balaban J connectivity index is 2.23. The van der Waals surface area contributed by atoms with Crippen LogP contribution in [-0.4, -0.2) is 11.4 Å². The lowest BCUT2D eigenvalue weighted by atomic mass is 10.0. The lowest BCUT2D eigenvalue weighted by Gasteiger charge is -2.19. The molecule has 0 bridgehead atoms. The molecule has 0 radical (unpaired) electrons. The monoisotopic (exact) mass is 321 g/mol. The van der Waals surface area contributed by atoms with Gasteiger partial charge in [-0.2, -0.15) is 5.26 Å². The summed E-state index contributed by atoms with van der Waals surface area (Å²) in [5, 5.41) is 12.1. The van der Waals surface area contributed by atoms with Crippen LogP contribution >= 0.6 is 15.9 Å². The molecule has 5 heteroatoms. The number of hydrogen-bond acceptors (Lipinski definition) is 3. The average Bonchev–Trinajstić information content (AvgIpc) is 3.05. The van der Waals surface area contributed by atoms with Crippen LogP contribution in [-0.2, 0) is 4.79 Å². The minimum atomic E-state index is -0.637. The Bertz CT molecular complexity index is 564. The zero-order valence-corrected chi connectivity index (χ0v) is 12.5. The number of benzene rings is 1. The molecule has 1 aromatic rings. The molecule has 0 heterocycles. The van der Waals surface area contributed by atoms with Gasteiger partial charge in [-0.25, -0.2) is 0 Å². The maximum absolute atomic E-state index is 11.7. The molecule has 1 aliphatic carbocycles. The van der Waals surface area contributed by atoms with Crippen LogP contribution in [0.2, 0.25) is 0 Å². The number of nitriles is 1. The van der Waals surface area contributed by atoms with Crippen LogP contribution in [0.4, 0.5) is 5.69 Å². The fourth-order valence-electron chi connectivity index (χ4n) is 2.52. The van der Waals surface area contributed by atoms with Gasteiger partial charge in [0.15, 0.2) is 0 Å².